The first-order valence-corrected chi connectivity index (χ1v) is 21.0. The summed E-state index contributed by atoms with van der Waals surface area (Å²) >= 11 is 0. The number of fused-ring (bicyclic) bond motifs is 3. The minimum atomic E-state index is -1.85. The van der Waals surface area contributed by atoms with Gasteiger partial charge in [-0.1, -0.05) is 109 Å². The quantitative estimate of drug-likeness (QED) is 0.125. The zero-order valence-corrected chi connectivity index (χ0v) is 31.7. The van der Waals surface area contributed by atoms with Crippen LogP contribution >= 0.6 is 0 Å². The molecule has 2 aliphatic carbocycles. The monoisotopic (exact) mass is 659 g/mol. The van der Waals surface area contributed by atoms with Crippen LogP contribution < -0.4 is 5.32 Å². The zero-order chi connectivity index (χ0) is 34.4. The summed E-state index contributed by atoms with van der Waals surface area (Å²) in [4.78, 5) is 26.6. The first kappa shape index (κ1) is 37.1. The van der Waals surface area contributed by atoms with E-state index >= 15 is 0 Å². The third-order valence-corrected chi connectivity index (χ3v) is 15.8. The van der Waals surface area contributed by atoms with Gasteiger partial charge >= 0.3 is 6.09 Å². The Morgan fingerprint density at radius 1 is 0.979 bits per heavy atom. The van der Waals surface area contributed by atoms with E-state index in [1.165, 1.54) is 35.1 Å². The van der Waals surface area contributed by atoms with Crippen molar-refractivity contribution in [2.24, 2.45) is 23.7 Å². The number of unbranched alkanes of at least 4 members (excludes halogenated alkanes) is 1. The van der Waals surface area contributed by atoms with Gasteiger partial charge in [0.15, 0.2) is 8.32 Å². The highest BCUT2D eigenvalue weighted by Gasteiger charge is 2.38. The highest BCUT2D eigenvalue weighted by atomic mass is 28.4. The van der Waals surface area contributed by atoms with Gasteiger partial charge in [0, 0.05) is 18.9 Å². The highest BCUT2D eigenvalue weighted by molar-refractivity contribution is 6.74. The Balaban J connectivity index is 1.53. The van der Waals surface area contributed by atoms with E-state index in [1.54, 1.807) is 6.92 Å². The van der Waals surface area contributed by atoms with Crippen LogP contribution in [0.25, 0.3) is 11.1 Å². The molecular weight excluding hydrogens is 599 g/mol. The lowest BCUT2D eigenvalue weighted by Gasteiger charge is -2.37. The van der Waals surface area contributed by atoms with Crippen molar-refractivity contribution in [2.75, 3.05) is 13.2 Å². The third-order valence-electron chi connectivity index (χ3n) is 11.3. The Labute approximate surface area is 286 Å². The number of ketones is 1. The fourth-order valence-electron chi connectivity index (χ4n) is 7.55. The van der Waals surface area contributed by atoms with Crippen LogP contribution in [0.15, 0.2) is 60.7 Å². The van der Waals surface area contributed by atoms with Crippen LogP contribution in [0.5, 0.6) is 0 Å². The van der Waals surface area contributed by atoms with Crippen molar-refractivity contribution < 1.29 is 18.8 Å². The number of alkyl carbamates (subject to hydrolysis) is 1. The lowest BCUT2D eigenvalue weighted by molar-refractivity contribution is -0.118. The lowest BCUT2D eigenvalue weighted by atomic mass is 9.69. The molecule has 0 aliphatic heterocycles. The number of rotatable bonds is 14. The van der Waals surface area contributed by atoms with Gasteiger partial charge in [0.1, 0.15) is 12.4 Å². The van der Waals surface area contributed by atoms with Crippen LogP contribution in [0, 0.1) is 23.7 Å². The number of hydrogen-bond acceptors (Lipinski definition) is 4. The number of nitrogens with one attached hydrogen (secondary N) is 1. The molecule has 0 unspecified atom stereocenters. The van der Waals surface area contributed by atoms with Crippen LogP contribution in [0.4, 0.5) is 4.79 Å². The molecule has 1 saturated carbocycles. The first-order valence-electron chi connectivity index (χ1n) is 18.1. The fraction of sp³-hybridized carbons (Fsp3) is 0.610. The van der Waals surface area contributed by atoms with Gasteiger partial charge in [-0.3, -0.25) is 4.79 Å². The molecule has 1 fully saturated rings. The fourth-order valence-corrected chi connectivity index (χ4v) is 8.64. The standard InChI is InChI=1S/C41H61NO4Si/c1-29(2)33-21-20-30(3)26-32(33)22-24-41(27-31(4)43,23-14-15-25-46-47(8,9)40(5,6)7)42-39(44)45-28-38-36-18-12-10-16-34(36)35-17-11-13-19-37(35)38/h10-13,16-19,22,24,29-30,32-33,38H,14-15,20-21,23,25-28H2,1-9H3,(H,42,44)/b24-22+/t30-,32-,33+,41+/m1/s1. The first-order chi connectivity index (χ1) is 22.1. The molecule has 2 aromatic carbocycles. The molecule has 0 bridgehead atoms. The molecule has 1 N–H and O–H groups in total. The van der Waals surface area contributed by atoms with Gasteiger partial charge in [0.25, 0.3) is 0 Å². The summed E-state index contributed by atoms with van der Waals surface area (Å²) in [5, 5.41) is 3.42. The van der Waals surface area contributed by atoms with Gasteiger partial charge in [-0.25, -0.2) is 4.79 Å². The number of ether oxygens (including phenoxy) is 1. The van der Waals surface area contributed by atoms with E-state index in [0.29, 0.717) is 36.7 Å². The van der Waals surface area contributed by atoms with E-state index in [1.807, 2.05) is 12.1 Å². The average Bonchev–Trinajstić information content (AvgIpc) is 3.31. The van der Waals surface area contributed by atoms with E-state index < -0.39 is 19.9 Å². The number of carbonyl (C=O) groups is 2. The maximum Gasteiger partial charge on any atom is 0.407 e. The van der Waals surface area contributed by atoms with Gasteiger partial charge in [0.05, 0.1) is 5.54 Å². The number of carbonyl (C=O) groups excluding carboxylic acids is 2. The number of Topliss-reactive ketones (excluding diaryl/α,β-unsaturated/α-hetero) is 1. The summed E-state index contributed by atoms with van der Waals surface area (Å²) in [6.45, 7) is 20.9. The molecule has 4 rings (SSSR count). The lowest BCUT2D eigenvalue weighted by Crippen LogP contribution is -2.49. The summed E-state index contributed by atoms with van der Waals surface area (Å²) in [7, 11) is -1.85. The Kier molecular flexibility index (Phi) is 12.4. The number of allylic oxidation sites excluding steroid dienone is 1. The molecule has 0 spiro atoms. The summed E-state index contributed by atoms with van der Waals surface area (Å²) < 4.78 is 12.5. The number of hydrogen-bond donors (Lipinski definition) is 1. The molecule has 47 heavy (non-hydrogen) atoms. The molecular formula is C41H61NO4Si. The van der Waals surface area contributed by atoms with Crippen LogP contribution in [0.3, 0.4) is 0 Å². The van der Waals surface area contributed by atoms with E-state index in [-0.39, 0.29) is 29.8 Å². The van der Waals surface area contributed by atoms with E-state index in [9.17, 15) is 9.59 Å². The molecule has 0 saturated heterocycles. The summed E-state index contributed by atoms with van der Waals surface area (Å²) in [6, 6.07) is 16.8. The van der Waals surface area contributed by atoms with Crippen molar-refractivity contribution in [2.45, 2.75) is 123 Å². The summed E-state index contributed by atoms with van der Waals surface area (Å²) in [6.07, 6.45) is 10.3. The van der Waals surface area contributed by atoms with Gasteiger partial charge < -0.3 is 14.5 Å². The Morgan fingerprint density at radius 3 is 2.17 bits per heavy atom. The second-order valence-corrected chi connectivity index (χ2v) is 21.2. The van der Waals surface area contributed by atoms with Gasteiger partial charge in [-0.2, -0.15) is 0 Å². The summed E-state index contributed by atoms with van der Waals surface area (Å²) in [5.41, 5.74) is 3.96. The smallest absolute Gasteiger partial charge is 0.407 e. The van der Waals surface area contributed by atoms with Gasteiger partial charge in [-0.05, 0) is 103 Å². The van der Waals surface area contributed by atoms with Crippen LogP contribution in [-0.2, 0) is 14.0 Å². The van der Waals surface area contributed by atoms with E-state index in [4.69, 9.17) is 9.16 Å². The van der Waals surface area contributed by atoms with Crippen LogP contribution in [0.2, 0.25) is 18.1 Å². The van der Waals surface area contributed by atoms with E-state index in [0.717, 1.165) is 19.3 Å². The maximum absolute atomic E-state index is 13.7. The topological polar surface area (TPSA) is 64.6 Å². The predicted octanol–water partition coefficient (Wildman–Crippen LogP) is 10.7. The second kappa shape index (κ2) is 15.7. The predicted molar refractivity (Wildman–Crippen MR) is 197 cm³/mol. The molecule has 6 heteroatoms. The van der Waals surface area contributed by atoms with Crippen LogP contribution in [-0.4, -0.2) is 38.9 Å². The molecule has 1 amide bonds. The third kappa shape index (κ3) is 9.47. The van der Waals surface area contributed by atoms with Crippen molar-refractivity contribution >= 4 is 20.2 Å². The van der Waals surface area contributed by atoms with E-state index in [2.05, 4.69) is 109 Å². The number of benzene rings is 2. The maximum atomic E-state index is 13.7. The Bertz CT molecular complexity index is 1350. The molecule has 4 atom stereocenters. The molecule has 0 radical (unpaired) electrons. The second-order valence-electron chi connectivity index (χ2n) is 16.4. The average molecular weight is 660 g/mol. The minimum absolute atomic E-state index is 0.0195. The highest BCUT2D eigenvalue weighted by Crippen LogP contribution is 2.45. The minimum Gasteiger partial charge on any atom is -0.449 e. The van der Waals surface area contributed by atoms with Gasteiger partial charge in [-0.15, -0.1) is 0 Å². The normalized spacial score (nSPS) is 21.4. The molecule has 0 aromatic heterocycles. The summed E-state index contributed by atoms with van der Waals surface area (Å²) in [5.74, 6) is 2.32. The van der Waals surface area contributed by atoms with Crippen molar-refractivity contribution in [3.8, 4) is 11.1 Å². The van der Waals surface area contributed by atoms with Gasteiger partial charge in [0.2, 0.25) is 0 Å². The molecule has 2 aromatic rings. The molecule has 0 heterocycles. The zero-order valence-electron chi connectivity index (χ0n) is 30.7. The van der Waals surface area contributed by atoms with Crippen molar-refractivity contribution in [3.05, 3.63) is 71.8 Å². The molecule has 258 valence electrons. The van der Waals surface area contributed by atoms with Crippen molar-refractivity contribution in [1.29, 1.82) is 0 Å². The van der Waals surface area contributed by atoms with Crippen molar-refractivity contribution in [3.63, 3.8) is 0 Å². The van der Waals surface area contributed by atoms with Crippen LogP contribution in [0.1, 0.15) is 110 Å². The van der Waals surface area contributed by atoms with Crippen molar-refractivity contribution in [1.82, 2.24) is 5.32 Å². The number of amides is 1. The largest absolute Gasteiger partial charge is 0.449 e. The Hall–Kier alpha value is -2.70. The Morgan fingerprint density at radius 2 is 1.60 bits per heavy atom. The molecule has 5 nitrogen and oxygen atoms in total. The SMILES string of the molecule is CC(=O)C[C@@](/C=C/[C@@H]1C[C@H](C)CC[C@H]1C(C)C)(CCCCO[Si](C)(C)C(C)(C)C)NC(=O)OCC1c2ccccc2-c2ccccc21. The molecule has 2 aliphatic rings.